The van der Waals surface area contributed by atoms with Crippen molar-refractivity contribution < 1.29 is 0 Å². The Morgan fingerprint density at radius 3 is 2.60 bits per heavy atom. The second-order valence-corrected chi connectivity index (χ2v) is 4.49. The average molecular weight is 159 g/mol. The number of thioether (sulfide) groups is 1. The van der Waals surface area contributed by atoms with Gasteiger partial charge < -0.3 is 5.73 Å². The number of hydrogen-bond donors (Lipinski definition) is 1. The highest BCUT2D eigenvalue weighted by molar-refractivity contribution is 8.00. The molecular weight excluding hydrogens is 142 g/mol. The van der Waals surface area contributed by atoms with Crippen LogP contribution in [0.25, 0.3) is 0 Å². The summed E-state index contributed by atoms with van der Waals surface area (Å²) in [5.41, 5.74) is 5.75. The van der Waals surface area contributed by atoms with Gasteiger partial charge in [0.25, 0.3) is 0 Å². The lowest BCUT2D eigenvalue weighted by molar-refractivity contribution is 0.477. The Balaban J connectivity index is 2.61. The van der Waals surface area contributed by atoms with Gasteiger partial charge in [0, 0.05) is 11.3 Å². The van der Waals surface area contributed by atoms with Gasteiger partial charge in [-0.25, -0.2) is 0 Å². The summed E-state index contributed by atoms with van der Waals surface area (Å²) in [4.78, 5) is 0. The van der Waals surface area contributed by atoms with Crippen LogP contribution >= 0.6 is 11.8 Å². The lowest BCUT2D eigenvalue weighted by atomic mass is 9.97. The average Bonchev–Trinajstić information content (AvgIpc) is 2.32. The first-order valence-corrected chi connectivity index (χ1v) is 5.23. The summed E-state index contributed by atoms with van der Waals surface area (Å²) in [6.45, 7) is 3.19. The maximum atomic E-state index is 5.75. The molecule has 0 heterocycles. The molecule has 0 aromatic rings. The van der Waals surface area contributed by atoms with Crippen LogP contribution in [0.3, 0.4) is 0 Å². The van der Waals surface area contributed by atoms with Crippen molar-refractivity contribution in [2.75, 3.05) is 12.8 Å². The smallest absolute Gasteiger partial charge is 0.0304 e. The van der Waals surface area contributed by atoms with Crippen LogP contribution < -0.4 is 5.73 Å². The number of nitrogens with two attached hydrogens (primary N) is 1. The van der Waals surface area contributed by atoms with Crippen LogP contribution in [0.4, 0.5) is 0 Å². The van der Waals surface area contributed by atoms with E-state index in [2.05, 4.69) is 13.2 Å². The van der Waals surface area contributed by atoms with Crippen LogP contribution in [-0.4, -0.2) is 17.5 Å². The van der Waals surface area contributed by atoms with Crippen LogP contribution in [0.5, 0.6) is 0 Å². The first-order valence-electron chi connectivity index (χ1n) is 4.00. The second kappa shape index (κ2) is 3.14. The normalized spacial score (nSPS) is 40.5. The van der Waals surface area contributed by atoms with E-state index in [1.807, 2.05) is 11.8 Å². The summed E-state index contributed by atoms with van der Waals surface area (Å²) in [7, 11) is 0. The third-order valence-corrected chi connectivity index (χ3v) is 4.47. The molecule has 1 saturated carbocycles. The van der Waals surface area contributed by atoms with E-state index in [4.69, 9.17) is 5.73 Å². The predicted octanol–water partition coefficient (Wildman–Crippen LogP) is 1.87. The minimum absolute atomic E-state index is 0.431. The summed E-state index contributed by atoms with van der Waals surface area (Å²) >= 11 is 1.96. The Bertz CT molecular complexity index is 110. The minimum Gasteiger partial charge on any atom is -0.329 e. The van der Waals surface area contributed by atoms with Gasteiger partial charge in [-0.05, 0) is 25.0 Å². The van der Waals surface area contributed by atoms with Crippen molar-refractivity contribution >= 4 is 11.8 Å². The number of hydrogen-bond acceptors (Lipinski definition) is 2. The van der Waals surface area contributed by atoms with Crippen molar-refractivity contribution in [3.05, 3.63) is 0 Å². The number of rotatable bonds is 2. The van der Waals surface area contributed by atoms with E-state index in [-0.39, 0.29) is 0 Å². The fraction of sp³-hybridized carbons (Fsp3) is 1.00. The van der Waals surface area contributed by atoms with Crippen molar-refractivity contribution in [1.82, 2.24) is 0 Å². The molecule has 2 heteroatoms. The largest absolute Gasteiger partial charge is 0.329 e. The Morgan fingerprint density at radius 1 is 1.70 bits per heavy atom. The van der Waals surface area contributed by atoms with E-state index in [1.54, 1.807) is 0 Å². The Morgan fingerprint density at radius 2 is 2.40 bits per heavy atom. The van der Waals surface area contributed by atoms with Gasteiger partial charge in [0.1, 0.15) is 0 Å². The molecule has 0 bridgehead atoms. The van der Waals surface area contributed by atoms with Gasteiger partial charge >= 0.3 is 0 Å². The third-order valence-electron chi connectivity index (χ3n) is 2.89. The highest BCUT2D eigenvalue weighted by atomic mass is 32.2. The van der Waals surface area contributed by atoms with E-state index in [0.717, 1.165) is 12.5 Å². The summed E-state index contributed by atoms with van der Waals surface area (Å²) < 4.78 is 0.431. The quantitative estimate of drug-likeness (QED) is 0.665. The van der Waals surface area contributed by atoms with Gasteiger partial charge in [0.05, 0.1) is 0 Å². The highest BCUT2D eigenvalue weighted by Crippen LogP contribution is 2.43. The van der Waals surface area contributed by atoms with Crippen LogP contribution in [-0.2, 0) is 0 Å². The van der Waals surface area contributed by atoms with Gasteiger partial charge in [-0.1, -0.05) is 13.3 Å². The zero-order chi connectivity index (χ0) is 7.61. The van der Waals surface area contributed by atoms with Gasteiger partial charge in [0.15, 0.2) is 0 Å². The molecule has 2 N–H and O–H groups in total. The summed E-state index contributed by atoms with van der Waals surface area (Å²) in [5, 5.41) is 0. The Kier molecular flexibility index (Phi) is 2.64. The fourth-order valence-electron chi connectivity index (χ4n) is 1.91. The predicted molar refractivity (Wildman–Crippen MR) is 48.3 cm³/mol. The van der Waals surface area contributed by atoms with Gasteiger partial charge in [-0.2, -0.15) is 11.8 Å². The Hall–Kier alpha value is 0.310. The molecule has 2 atom stereocenters. The van der Waals surface area contributed by atoms with Crippen LogP contribution in [0, 0.1) is 5.92 Å². The first-order chi connectivity index (χ1) is 4.75. The molecule has 1 rings (SSSR count). The van der Waals surface area contributed by atoms with Gasteiger partial charge in [0.2, 0.25) is 0 Å². The standard InChI is InChI=1S/C8H17NS/c1-7-4-3-5-8(7,6-9)10-2/h7H,3-6,9H2,1-2H3. The van der Waals surface area contributed by atoms with Crippen LogP contribution in [0.2, 0.25) is 0 Å². The molecule has 0 saturated heterocycles. The second-order valence-electron chi connectivity index (χ2n) is 3.27. The SMILES string of the molecule is CSC1(CN)CCCC1C. The molecular formula is C8H17NS. The molecule has 0 aromatic heterocycles. The molecule has 1 aliphatic rings. The van der Waals surface area contributed by atoms with Crippen LogP contribution in [0.1, 0.15) is 26.2 Å². The molecule has 0 spiro atoms. The lowest BCUT2D eigenvalue weighted by Crippen LogP contribution is -2.36. The zero-order valence-corrected chi connectivity index (χ0v) is 7.71. The molecule has 0 aliphatic heterocycles. The molecule has 1 fully saturated rings. The maximum absolute atomic E-state index is 5.75. The topological polar surface area (TPSA) is 26.0 Å². The molecule has 60 valence electrons. The monoisotopic (exact) mass is 159 g/mol. The third kappa shape index (κ3) is 1.19. The lowest BCUT2D eigenvalue weighted by Gasteiger charge is -2.29. The van der Waals surface area contributed by atoms with Crippen LogP contribution in [0.15, 0.2) is 0 Å². The van der Waals surface area contributed by atoms with Crippen molar-refractivity contribution in [2.24, 2.45) is 11.7 Å². The summed E-state index contributed by atoms with van der Waals surface area (Å²) in [5.74, 6) is 0.826. The molecule has 0 radical (unpaired) electrons. The van der Waals surface area contributed by atoms with Gasteiger partial charge in [-0.15, -0.1) is 0 Å². The maximum Gasteiger partial charge on any atom is 0.0304 e. The van der Waals surface area contributed by atoms with E-state index in [9.17, 15) is 0 Å². The fourth-order valence-corrected chi connectivity index (χ4v) is 2.94. The van der Waals surface area contributed by atoms with Crippen molar-refractivity contribution in [2.45, 2.75) is 30.9 Å². The van der Waals surface area contributed by atoms with Crippen molar-refractivity contribution in [1.29, 1.82) is 0 Å². The zero-order valence-electron chi connectivity index (χ0n) is 6.89. The van der Waals surface area contributed by atoms with E-state index in [1.165, 1.54) is 19.3 Å². The minimum atomic E-state index is 0.431. The molecule has 0 amide bonds. The summed E-state index contributed by atoms with van der Waals surface area (Å²) in [6, 6.07) is 0. The van der Waals surface area contributed by atoms with Crippen molar-refractivity contribution in [3.8, 4) is 0 Å². The molecule has 1 aliphatic carbocycles. The molecule has 1 nitrogen and oxygen atoms in total. The first kappa shape index (κ1) is 8.41. The van der Waals surface area contributed by atoms with Gasteiger partial charge in [-0.3, -0.25) is 0 Å². The molecule has 2 unspecified atom stereocenters. The Labute approximate surface area is 67.8 Å². The molecule has 0 aromatic carbocycles. The molecule has 10 heavy (non-hydrogen) atoms. The highest BCUT2D eigenvalue weighted by Gasteiger charge is 2.37. The van der Waals surface area contributed by atoms with E-state index < -0.39 is 0 Å². The van der Waals surface area contributed by atoms with E-state index in [0.29, 0.717) is 4.75 Å². The van der Waals surface area contributed by atoms with Crippen molar-refractivity contribution in [3.63, 3.8) is 0 Å². The summed E-state index contributed by atoms with van der Waals surface area (Å²) in [6.07, 6.45) is 6.26. The van der Waals surface area contributed by atoms with E-state index >= 15 is 0 Å².